The molecule has 132 valence electrons. The van der Waals surface area contributed by atoms with E-state index in [0.717, 1.165) is 11.8 Å². The van der Waals surface area contributed by atoms with E-state index >= 15 is 0 Å². The van der Waals surface area contributed by atoms with Crippen molar-refractivity contribution in [2.75, 3.05) is 0 Å². The first-order valence-corrected chi connectivity index (χ1v) is 11.1. The van der Waals surface area contributed by atoms with Crippen LogP contribution in [0.1, 0.15) is 31.7 Å². The van der Waals surface area contributed by atoms with E-state index in [2.05, 4.69) is 105 Å². The van der Waals surface area contributed by atoms with Crippen LogP contribution in [0.3, 0.4) is 0 Å². The molecule has 1 fully saturated rings. The van der Waals surface area contributed by atoms with Gasteiger partial charge in [-0.15, -0.1) is 0 Å². The molecule has 1 saturated carbocycles. The van der Waals surface area contributed by atoms with E-state index in [9.17, 15) is 0 Å². The molecule has 3 aromatic rings. The molecule has 0 radical (unpaired) electrons. The fourth-order valence-electron chi connectivity index (χ4n) is 4.62. The van der Waals surface area contributed by atoms with Crippen molar-refractivity contribution in [2.24, 2.45) is 11.8 Å². The lowest BCUT2D eigenvalue weighted by Crippen LogP contribution is -2.25. The van der Waals surface area contributed by atoms with E-state index < -0.39 is 0 Å². The van der Waals surface area contributed by atoms with E-state index in [1.165, 1.54) is 22.6 Å². The number of benzene rings is 3. The van der Waals surface area contributed by atoms with Crippen LogP contribution in [0, 0.1) is 11.8 Å². The molecule has 4 atom stereocenters. The predicted octanol–water partition coefficient (Wildman–Crippen LogP) is 5.95. The lowest BCUT2D eigenvalue weighted by atomic mass is 9.87. The maximum Gasteiger partial charge on any atom is -0.00547 e. The van der Waals surface area contributed by atoms with Crippen LogP contribution >= 0.6 is 7.92 Å². The highest BCUT2D eigenvalue weighted by atomic mass is 31.1. The van der Waals surface area contributed by atoms with Crippen molar-refractivity contribution in [1.29, 1.82) is 0 Å². The fourth-order valence-corrected chi connectivity index (χ4v) is 7.98. The molecule has 1 aliphatic carbocycles. The minimum Gasteiger partial charge on any atom is -0.0622 e. The molecule has 1 heteroatoms. The largest absolute Gasteiger partial charge is 0.0622 e. The van der Waals surface area contributed by atoms with Crippen LogP contribution < -0.4 is 10.6 Å². The minimum absolute atomic E-state index is 0.368. The van der Waals surface area contributed by atoms with E-state index in [1.807, 2.05) is 0 Å². The molecular weight excluding hydrogens is 331 g/mol. The maximum atomic E-state index is 2.46. The fraction of sp³-hybridized carbons (Fsp3) is 0.280. The van der Waals surface area contributed by atoms with E-state index in [4.69, 9.17) is 0 Å². The Morgan fingerprint density at radius 2 is 1.12 bits per heavy atom. The van der Waals surface area contributed by atoms with Crippen molar-refractivity contribution >= 4 is 18.5 Å². The molecule has 4 rings (SSSR count). The standard InChI is InChI=1S/C25H27P/c1-19-18-24(25(20(19)2)21-12-6-3-7-13-21)26(22-14-8-4-9-15-22)23-16-10-5-11-17-23/h3-17,19-20,24-25H,18H2,1-2H3/t19?,20-,24+,25?/m0/s1. The molecular formula is C25H27P. The van der Waals surface area contributed by atoms with Gasteiger partial charge in [0.2, 0.25) is 0 Å². The number of rotatable bonds is 4. The van der Waals surface area contributed by atoms with E-state index in [0.29, 0.717) is 11.6 Å². The van der Waals surface area contributed by atoms with E-state index in [-0.39, 0.29) is 7.92 Å². The van der Waals surface area contributed by atoms with Crippen molar-refractivity contribution in [3.05, 3.63) is 96.6 Å². The Bertz CT molecular complexity index is 773. The van der Waals surface area contributed by atoms with Gasteiger partial charge in [0.05, 0.1) is 0 Å². The third-order valence-electron chi connectivity index (χ3n) is 6.08. The van der Waals surface area contributed by atoms with Gasteiger partial charge in [-0.1, -0.05) is 105 Å². The van der Waals surface area contributed by atoms with Gasteiger partial charge >= 0.3 is 0 Å². The van der Waals surface area contributed by atoms with Crippen molar-refractivity contribution in [3.63, 3.8) is 0 Å². The summed E-state index contributed by atoms with van der Waals surface area (Å²) in [4.78, 5) is 0. The highest BCUT2D eigenvalue weighted by molar-refractivity contribution is 7.73. The van der Waals surface area contributed by atoms with Crippen LogP contribution in [0.25, 0.3) is 0 Å². The zero-order valence-electron chi connectivity index (χ0n) is 15.6. The molecule has 0 aromatic heterocycles. The van der Waals surface area contributed by atoms with Crippen LogP contribution in [0.2, 0.25) is 0 Å². The van der Waals surface area contributed by atoms with Gasteiger partial charge < -0.3 is 0 Å². The molecule has 26 heavy (non-hydrogen) atoms. The molecule has 1 aliphatic rings. The summed E-state index contributed by atoms with van der Waals surface area (Å²) in [6.07, 6.45) is 1.32. The van der Waals surface area contributed by atoms with Crippen molar-refractivity contribution in [2.45, 2.75) is 31.8 Å². The first-order valence-electron chi connectivity index (χ1n) is 9.70. The summed E-state index contributed by atoms with van der Waals surface area (Å²) in [6.45, 7) is 4.91. The van der Waals surface area contributed by atoms with Crippen LogP contribution in [0.5, 0.6) is 0 Å². The molecule has 2 unspecified atom stereocenters. The zero-order chi connectivity index (χ0) is 17.9. The van der Waals surface area contributed by atoms with Gasteiger partial charge in [0, 0.05) is 0 Å². The van der Waals surface area contributed by atoms with Gasteiger partial charge in [-0.2, -0.15) is 0 Å². The number of hydrogen-bond donors (Lipinski definition) is 0. The summed E-state index contributed by atoms with van der Waals surface area (Å²) in [5, 5.41) is 3.03. The van der Waals surface area contributed by atoms with E-state index in [1.54, 1.807) is 0 Å². The molecule has 0 aliphatic heterocycles. The Balaban J connectivity index is 1.81. The molecule has 0 saturated heterocycles. The van der Waals surface area contributed by atoms with Gasteiger partial charge in [-0.3, -0.25) is 0 Å². The lowest BCUT2D eigenvalue weighted by Gasteiger charge is -2.32. The quantitative estimate of drug-likeness (QED) is 0.506. The molecule has 0 N–H and O–H groups in total. The molecule has 3 aromatic carbocycles. The van der Waals surface area contributed by atoms with Crippen molar-refractivity contribution < 1.29 is 0 Å². The van der Waals surface area contributed by atoms with Crippen LogP contribution in [-0.2, 0) is 0 Å². The predicted molar refractivity (Wildman–Crippen MR) is 115 cm³/mol. The topological polar surface area (TPSA) is 0 Å². The summed E-state index contributed by atoms with van der Waals surface area (Å²) in [6, 6.07) is 33.7. The Labute approximate surface area is 159 Å². The smallest absolute Gasteiger partial charge is 0.00547 e. The van der Waals surface area contributed by atoms with Gasteiger partial charge in [-0.25, -0.2) is 0 Å². The molecule has 0 spiro atoms. The van der Waals surface area contributed by atoms with Gasteiger partial charge in [-0.05, 0) is 53.9 Å². The monoisotopic (exact) mass is 358 g/mol. The normalized spacial score (nSPS) is 25.5. The Kier molecular flexibility index (Phi) is 5.23. The summed E-state index contributed by atoms with van der Waals surface area (Å²) in [5.74, 6) is 2.13. The number of hydrogen-bond acceptors (Lipinski definition) is 0. The van der Waals surface area contributed by atoms with Crippen molar-refractivity contribution in [3.8, 4) is 0 Å². The summed E-state index contributed by atoms with van der Waals surface area (Å²) >= 11 is 0. The average Bonchev–Trinajstić information content (AvgIpc) is 2.99. The highest BCUT2D eigenvalue weighted by Crippen LogP contribution is 2.57. The van der Waals surface area contributed by atoms with Gasteiger partial charge in [0.25, 0.3) is 0 Å². The second kappa shape index (κ2) is 7.77. The highest BCUT2D eigenvalue weighted by Gasteiger charge is 2.43. The molecule has 0 bridgehead atoms. The third-order valence-corrected chi connectivity index (χ3v) is 8.98. The zero-order valence-corrected chi connectivity index (χ0v) is 16.5. The molecule has 0 heterocycles. The van der Waals surface area contributed by atoms with Crippen LogP contribution in [0.15, 0.2) is 91.0 Å². The van der Waals surface area contributed by atoms with Crippen LogP contribution in [0.4, 0.5) is 0 Å². The Hall–Kier alpha value is -1.91. The summed E-state index contributed by atoms with van der Waals surface area (Å²) < 4.78 is 0. The maximum absolute atomic E-state index is 2.46. The first-order chi connectivity index (χ1) is 12.8. The summed E-state index contributed by atoms with van der Waals surface area (Å²) in [7, 11) is -0.368. The molecule has 0 nitrogen and oxygen atoms in total. The van der Waals surface area contributed by atoms with Gasteiger partial charge in [0.15, 0.2) is 0 Å². The lowest BCUT2D eigenvalue weighted by molar-refractivity contribution is 0.423. The third kappa shape index (κ3) is 3.36. The second-order valence-electron chi connectivity index (χ2n) is 7.62. The average molecular weight is 358 g/mol. The second-order valence-corrected chi connectivity index (χ2v) is 10.1. The molecule has 0 amide bonds. The van der Waals surface area contributed by atoms with Crippen LogP contribution in [-0.4, -0.2) is 5.66 Å². The SMILES string of the molecule is CC1C[C@@H](P(c2ccccc2)c2ccccc2)C(c2ccccc2)[C@H]1C. The Morgan fingerprint density at radius 3 is 1.62 bits per heavy atom. The summed E-state index contributed by atoms with van der Waals surface area (Å²) in [5.41, 5.74) is 2.22. The minimum atomic E-state index is -0.368. The first kappa shape index (κ1) is 17.5. The van der Waals surface area contributed by atoms with Gasteiger partial charge in [0.1, 0.15) is 0 Å². The van der Waals surface area contributed by atoms with Crippen molar-refractivity contribution in [1.82, 2.24) is 0 Å². The Morgan fingerprint density at radius 1 is 0.654 bits per heavy atom.